The molecule has 1 aliphatic rings. The quantitative estimate of drug-likeness (QED) is 0.497. The van der Waals surface area contributed by atoms with Crippen LogP contribution in [0.3, 0.4) is 0 Å². The molecule has 0 aliphatic carbocycles. The molecule has 2 aromatic carbocycles. The third kappa shape index (κ3) is 3.81. The predicted molar refractivity (Wildman–Crippen MR) is 119 cm³/mol. The van der Waals surface area contributed by atoms with E-state index in [2.05, 4.69) is 4.98 Å². The second kappa shape index (κ2) is 8.41. The minimum Gasteiger partial charge on any atom is -0.366 e. The maximum absolute atomic E-state index is 14.5. The van der Waals surface area contributed by atoms with Crippen LogP contribution in [0.4, 0.5) is 10.1 Å². The van der Waals surface area contributed by atoms with Gasteiger partial charge < -0.3 is 19.4 Å². The summed E-state index contributed by atoms with van der Waals surface area (Å²) in [4.78, 5) is 54.4. The first kappa shape index (κ1) is 21.5. The number of aromatic amines is 1. The van der Waals surface area contributed by atoms with Gasteiger partial charge in [0, 0.05) is 43.9 Å². The molecule has 9 heteroatoms. The lowest BCUT2D eigenvalue weighted by molar-refractivity contribution is 0.0746. The van der Waals surface area contributed by atoms with Crippen LogP contribution < -0.4 is 16.0 Å². The summed E-state index contributed by atoms with van der Waals surface area (Å²) >= 11 is 0. The van der Waals surface area contributed by atoms with E-state index in [0.717, 1.165) is 0 Å². The van der Waals surface area contributed by atoms with Gasteiger partial charge in [0.15, 0.2) is 5.78 Å². The summed E-state index contributed by atoms with van der Waals surface area (Å²) in [5.74, 6) is -0.856. The molecule has 0 radical (unpaired) electrons. The summed E-state index contributed by atoms with van der Waals surface area (Å²) < 4.78 is 15.8. The molecule has 1 N–H and O–H groups in total. The molecule has 0 saturated carbocycles. The molecule has 4 rings (SSSR count). The van der Waals surface area contributed by atoms with Crippen molar-refractivity contribution in [2.75, 3.05) is 31.1 Å². The zero-order valence-corrected chi connectivity index (χ0v) is 17.9. The fraction of sp³-hybridized carbons (Fsp3) is 0.304. The molecule has 1 aromatic heterocycles. The Hall–Kier alpha value is -3.75. The number of hydrogen-bond donors (Lipinski definition) is 1. The topological polar surface area (TPSA) is 95.5 Å². The first-order valence-corrected chi connectivity index (χ1v) is 10.4. The number of carbonyl (C=O) groups is 2. The van der Waals surface area contributed by atoms with Crippen LogP contribution >= 0.6 is 0 Å². The molecule has 0 bridgehead atoms. The first-order chi connectivity index (χ1) is 15.3. The van der Waals surface area contributed by atoms with Crippen molar-refractivity contribution >= 4 is 28.4 Å². The number of fused-ring (bicyclic) bond motifs is 1. The number of rotatable bonds is 4. The van der Waals surface area contributed by atoms with Crippen LogP contribution in [0.1, 0.15) is 34.6 Å². The van der Waals surface area contributed by atoms with Gasteiger partial charge >= 0.3 is 11.1 Å². The Morgan fingerprint density at radius 3 is 2.31 bits per heavy atom. The Morgan fingerprint density at radius 1 is 1.00 bits per heavy atom. The molecule has 8 nitrogen and oxygen atoms in total. The zero-order valence-electron chi connectivity index (χ0n) is 17.9. The van der Waals surface area contributed by atoms with Gasteiger partial charge in [-0.2, -0.15) is 0 Å². The second-order valence-electron chi connectivity index (χ2n) is 7.74. The van der Waals surface area contributed by atoms with Gasteiger partial charge in [0.1, 0.15) is 5.82 Å². The maximum Gasteiger partial charge on any atom is 0.316 e. The minimum atomic E-state index is -0.726. The lowest BCUT2D eigenvalue weighted by Crippen LogP contribution is -2.49. The van der Waals surface area contributed by atoms with Gasteiger partial charge in [0.25, 0.3) is 5.91 Å². The van der Waals surface area contributed by atoms with Crippen molar-refractivity contribution in [3.8, 4) is 0 Å². The normalized spacial score (nSPS) is 14.1. The number of piperazine rings is 1. The van der Waals surface area contributed by atoms with Crippen LogP contribution in [0.15, 0.2) is 46.0 Å². The number of carbonyl (C=O) groups excluding carboxylic acids is 2. The van der Waals surface area contributed by atoms with E-state index in [1.165, 1.54) is 17.6 Å². The predicted octanol–water partition coefficient (Wildman–Crippen LogP) is 2.01. The number of nitrogens with zero attached hydrogens (tertiary/aromatic N) is 3. The van der Waals surface area contributed by atoms with E-state index in [1.54, 1.807) is 42.2 Å². The van der Waals surface area contributed by atoms with Crippen LogP contribution in [0.5, 0.6) is 0 Å². The number of halogens is 1. The number of Topliss-reactive ketones (excluding diaryl/α,β-unsaturated/α-hetero) is 1. The van der Waals surface area contributed by atoms with Crippen LogP contribution in [0.25, 0.3) is 11.0 Å². The van der Waals surface area contributed by atoms with Gasteiger partial charge in [-0.1, -0.05) is 0 Å². The van der Waals surface area contributed by atoms with Gasteiger partial charge in [0.2, 0.25) is 0 Å². The molecule has 2 heterocycles. The van der Waals surface area contributed by atoms with E-state index in [-0.39, 0.29) is 11.7 Å². The molecule has 1 amide bonds. The Morgan fingerprint density at radius 2 is 1.69 bits per heavy atom. The summed E-state index contributed by atoms with van der Waals surface area (Å²) in [6.07, 6.45) is 0. The van der Waals surface area contributed by atoms with Gasteiger partial charge in [-0.3, -0.25) is 19.2 Å². The molecule has 1 aliphatic heterocycles. The number of amides is 1. The van der Waals surface area contributed by atoms with E-state index in [1.807, 2.05) is 4.90 Å². The summed E-state index contributed by atoms with van der Waals surface area (Å²) in [6.45, 7) is 5.20. The van der Waals surface area contributed by atoms with E-state index in [9.17, 15) is 23.6 Å². The van der Waals surface area contributed by atoms with E-state index >= 15 is 0 Å². The van der Waals surface area contributed by atoms with Crippen molar-refractivity contribution in [3.05, 3.63) is 74.0 Å². The number of aromatic nitrogens is 2. The number of aryl methyl sites for hydroxylation is 1. The zero-order chi connectivity index (χ0) is 23.0. The SMILES string of the molecule is CCn1c(=O)c(=O)[nH]c2cc(C(=O)N3CCN(c4ccc(C(C)=O)cc4F)CC3)ccc21. The molecule has 32 heavy (non-hydrogen) atoms. The van der Waals surface area contributed by atoms with E-state index in [4.69, 9.17) is 0 Å². The Balaban J connectivity index is 1.52. The van der Waals surface area contributed by atoms with Crippen LogP contribution in [0, 0.1) is 5.82 Å². The standard InChI is InChI=1S/C23H23FN4O4/c1-3-28-20-7-5-16(13-18(20)25-21(30)23(28)32)22(31)27-10-8-26(9-11-27)19-6-4-15(14(2)29)12-17(19)24/h4-7,12-13H,3,8-11H2,1-2H3,(H,25,30). The summed E-state index contributed by atoms with van der Waals surface area (Å²) in [5.41, 5.74) is 0.761. The smallest absolute Gasteiger partial charge is 0.316 e. The monoisotopic (exact) mass is 438 g/mol. The number of nitrogens with one attached hydrogen (secondary N) is 1. The molecule has 0 unspecified atom stereocenters. The lowest BCUT2D eigenvalue weighted by atomic mass is 10.1. The molecule has 166 valence electrons. The highest BCUT2D eigenvalue weighted by atomic mass is 19.1. The lowest BCUT2D eigenvalue weighted by Gasteiger charge is -2.36. The van der Waals surface area contributed by atoms with E-state index < -0.39 is 16.9 Å². The van der Waals surface area contributed by atoms with Crippen molar-refractivity contribution in [2.45, 2.75) is 20.4 Å². The number of hydrogen-bond acceptors (Lipinski definition) is 5. The Bertz CT molecular complexity index is 1340. The number of anilines is 1. The van der Waals surface area contributed by atoms with Gasteiger partial charge in [-0.25, -0.2) is 4.39 Å². The summed E-state index contributed by atoms with van der Waals surface area (Å²) in [5, 5.41) is 0. The molecule has 0 atom stereocenters. The van der Waals surface area contributed by atoms with Crippen molar-refractivity contribution in [1.29, 1.82) is 0 Å². The van der Waals surface area contributed by atoms with Crippen molar-refractivity contribution in [3.63, 3.8) is 0 Å². The van der Waals surface area contributed by atoms with Crippen LogP contribution in [-0.2, 0) is 6.54 Å². The molecular weight excluding hydrogens is 415 g/mol. The molecule has 0 spiro atoms. The van der Waals surface area contributed by atoms with Gasteiger partial charge in [-0.15, -0.1) is 0 Å². The van der Waals surface area contributed by atoms with Crippen molar-refractivity contribution < 1.29 is 14.0 Å². The Labute approximate surface area is 182 Å². The maximum atomic E-state index is 14.5. The summed E-state index contributed by atoms with van der Waals surface area (Å²) in [6, 6.07) is 9.31. The highest BCUT2D eigenvalue weighted by Gasteiger charge is 2.24. The van der Waals surface area contributed by atoms with Crippen molar-refractivity contribution in [2.24, 2.45) is 0 Å². The van der Waals surface area contributed by atoms with Crippen molar-refractivity contribution in [1.82, 2.24) is 14.5 Å². The Kier molecular flexibility index (Phi) is 5.65. The number of benzene rings is 2. The third-order valence-corrected chi connectivity index (χ3v) is 5.80. The number of H-pyrrole nitrogens is 1. The third-order valence-electron chi connectivity index (χ3n) is 5.80. The molecule has 1 saturated heterocycles. The average molecular weight is 438 g/mol. The highest BCUT2D eigenvalue weighted by Crippen LogP contribution is 2.23. The molecule has 1 fully saturated rings. The minimum absolute atomic E-state index is 0.196. The summed E-state index contributed by atoms with van der Waals surface area (Å²) in [7, 11) is 0. The molecule has 3 aromatic rings. The van der Waals surface area contributed by atoms with E-state index in [0.29, 0.717) is 60.6 Å². The van der Waals surface area contributed by atoms with Gasteiger partial charge in [-0.05, 0) is 50.2 Å². The highest BCUT2D eigenvalue weighted by molar-refractivity contribution is 5.97. The van der Waals surface area contributed by atoms with Crippen LogP contribution in [-0.4, -0.2) is 52.3 Å². The fourth-order valence-corrected chi connectivity index (χ4v) is 4.04. The van der Waals surface area contributed by atoms with Crippen LogP contribution in [0.2, 0.25) is 0 Å². The average Bonchev–Trinajstić information content (AvgIpc) is 2.79. The largest absolute Gasteiger partial charge is 0.366 e. The fourth-order valence-electron chi connectivity index (χ4n) is 4.04. The van der Waals surface area contributed by atoms with Gasteiger partial charge in [0.05, 0.1) is 16.7 Å². The molecular formula is C23H23FN4O4. The first-order valence-electron chi connectivity index (χ1n) is 10.4. The number of ketones is 1. The second-order valence-corrected chi connectivity index (χ2v) is 7.74.